The third kappa shape index (κ3) is 4.88. The molecular formula is C19H23N5O3S2. The van der Waals surface area contributed by atoms with Crippen LogP contribution in [0.1, 0.15) is 36.5 Å². The quantitative estimate of drug-likeness (QED) is 0.516. The molecule has 4 rings (SSSR count). The average molecular weight is 434 g/mol. The summed E-state index contributed by atoms with van der Waals surface area (Å²) in [6.07, 6.45) is 2.96. The number of carbonyl (C=O) groups excluding carboxylic acids is 1. The van der Waals surface area contributed by atoms with Gasteiger partial charge in [0.15, 0.2) is 5.16 Å². The maximum atomic E-state index is 11.2. The van der Waals surface area contributed by atoms with Gasteiger partial charge in [0, 0.05) is 25.2 Å². The van der Waals surface area contributed by atoms with E-state index in [1.807, 2.05) is 24.4 Å². The second-order valence-electron chi connectivity index (χ2n) is 6.90. The molecule has 1 fully saturated rings. The molecule has 2 N–H and O–H groups in total. The number of hydrogen-bond donors (Lipinski definition) is 1. The molecule has 0 spiro atoms. The van der Waals surface area contributed by atoms with Gasteiger partial charge in [0.05, 0.1) is 23.2 Å². The fourth-order valence-electron chi connectivity index (χ4n) is 3.22. The van der Waals surface area contributed by atoms with Crippen molar-refractivity contribution in [2.24, 2.45) is 5.73 Å². The first-order valence-corrected chi connectivity index (χ1v) is 11.4. The lowest BCUT2D eigenvalue weighted by Gasteiger charge is -2.14. The zero-order valence-corrected chi connectivity index (χ0v) is 17.8. The van der Waals surface area contributed by atoms with Crippen molar-refractivity contribution in [2.45, 2.75) is 56.2 Å². The molecular weight excluding hydrogens is 410 g/mol. The number of nitrogens with zero attached hydrogens (tertiary/aromatic N) is 4. The van der Waals surface area contributed by atoms with Gasteiger partial charge in [0.1, 0.15) is 11.6 Å². The number of rotatable bonds is 9. The first-order chi connectivity index (χ1) is 14.1. The number of ether oxygens (including phenoxy) is 1. The summed E-state index contributed by atoms with van der Waals surface area (Å²) < 4.78 is 13.7. The van der Waals surface area contributed by atoms with Crippen molar-refractivity contribution in [3.8, 4) is 10.8 Å². The molecule has 3 aromatic heterocycles. The highest BCUT2D eigenvalue weighted by molar-refractivity contribution is 7.98. The van der Waals surface area contributed by atoms with Gasteiger partial charge in [-0.25, -0.2) is 4.98 Å². The predicted molar refractivity (Wildman–Crippen MR) is 111 cm³/mol. The third-order valence-electron chi connectivity index (χ3n) is 4.76. The molecule has 0 aliphatic carbocycles. The van der Waals surface area contributed by atoms with Crippen LogP contribution in [-0.4, -0.2) is 38.4 Å². The fraction of sp³-hybridized carbons (Fsp3) is 0.474. The van der Waals surface area contributed by atoms with Crippen LogP contribution in [0, 0.1) is 6.92 Å². The Bertz CT molecular complexity index is 961. The van der Waals surface area contributed by atoms with Crippen molar-refractivity contribution in [1.29, 1.82) is 0 Å². The van der Waals surface area contributed by atoms with Gasteiger partial charge in [-0.3, -0.25) is 4.79 Å². The fourth-order valence-corrected chi connectivity index (χ4v) is 4.84. The molecule has 4 heterocycles. The summed E-state index contributed by atoms with van der Waals surface area (Å²) in [5, 5.41) is 11.4. The molecule has 1 aliphatic heterocycles. The smallest absolute Gasteiger partial charge is 0.236 e. The van der Waals surface area contributed by atoms with E-state index in [0.717, 1.165) is 46.8 Å². The van der Waals surface area contributed by atoms with Gasteiger partial charge < -0.3 is 19.5 Å². The topological polar surface area (TPSA) is 109 Å². The van der Waals surface area contributed by atoms with Crippen LogP contribution in [0.15, 0.2) is 27.1 Å². The number of oxazole rings is 1. The molecule has 1 amide bonds. The maximum Gasteiger partial charge on any atom is 0.236 e. The zero-order valence-electron chi connectivity index (χ0n) is 16.2. The van der Waals surface area contributed by atoms with E-state index < -0.39 is 0 Å². The minimum Gasteiger partial charge on any atom is -0.440 e. The lowest BCUT2D eigenvalue weighted by atomic mass is 10.2. The molecule has 1 unspecified atom stereocenters. The molecule has 1 saturated heterocycles. The molecule has 3 aromatic rings. The second kappa shape index (κ2) is 9.10. The second-order valence-corrected chi connectivity index (χ2v) is 8.79. The van der Waals surface area contributed by atoms with Crippen LogP contribution in [-0.2, 0) is 28.2 Å². The third-order valence-corrected chi connectivity index (χ3v) is 6.60. The number of thioether (sulfide) groups is 1. The maximum absolute atomic E-state index is 11.2. The van der Waals surface area contributed by atoms with E-state index in [1.54, 1.807) is 23.1 Å². The van der Waals surface area contributed by atoms with Gasteiger partial charge in [0.25, 0.3) is 0 Å². The van der Waals surface area contributed by atoms with E-state index in [-0.39, 0.29) is 18.4 Å². The highest BCUT2D eigenvalue weighted by Crippen LogP contribution is 2.30. The lowest BCUT2D eigenvalue weighted by molar-refractivity contribution is -0.118. The minimum atomic E-state index is -0.342. The van der Waals surface area contributed by atoms with E-state index in [0.29, 0.717) is 24.6 Å². The number of aryl methyl sites for hydroxylation is 2. The Morgan fingerprint density at radius 1 is 1.45 bits per heavy atom. The van der Waals surface area contributed by atoms with E-state index in [4.69, 9.17) is 14.9 Å². The van der Waals surface area contributed by atoms with Crippen LogP contribution < -0.4 is 5.73 Å². The Labute approximate surface area is 176 Å². The highest BCUT2D eigenvalue weighted by atomic mass is 32.2. The molecule has 8 nitrogen and oxygen atoms in total. The van der Waals surface area contributed by atoms with Crippen molar-refractivity contribution in [3.63, 3.8) is 0 Å². The number of amides is 1. The number of aromatic nitrogens is 4. The van der Waals surface area contributed by atoms with Crippen LogP contribution in [0.4, 0.5) is 0 Å². The number of hydrogen-bond acceptors (Lipinski definition) is 8. The number of carbonyl (C=O) groups is 1. The predicted octanol–water partition coefficient (Wildman–Crippen LogP) is 3.19. The largest absolute Gasteiger partial charge is 0.440 e. The lowest BCUT2D eigenvalue weighted by Crippen LogP contribution is -2.19. The highest BCUT2D eigenvalue weighted by Gasteiger charge is 2.22. The molecule has 10 heteroatoms. The molecule has 1 atom stereocenters. The Balaban J connectivity index is 1.49. The van der Waals surface area contributed by atoms with Gasteiger partial charge in [-0.05, 0) is 31.2 Å². The summed E-state index contributed by atoms with van der Waals surface area (Å²) in [7, 11) is 0. The van der Waals surface area contributed by atoms with Crippen LogP contribution >= 0.6 is 23.1 Å². The van der Waals surface area contributed by atoms with Crippen molar-refractivity contribution in [1.82, 2.24) is 19.7 Å². The monoisotopic (exact) mass is 433 g/mol. The Kier molecular flexibility index (Phi) is 6.31. The SMILES string of the molecule is Cc1oc(-c2cccs2)nc1CSc1nnc(CCC(N)=O)n1CC1CCCO1. The standard InChI is InChI=1S/C19H23N5O3S2/c1-12-14(21-18(27-12)15-5-3-9-28-15)11-29-19-23-22-17(7-6-16(20)25)24(19)10-13-4-2-8-26-13/h3,5,9,13H,2,4,6-8,10-11H2,1H3,(H2,20,25). The Morgan fingerprint density at radius 2 is 2.34 bits per heavy atom. The van der Waals surface area contributed by atoms with E-state index in [9.17, 15) is 4.79 Å². The molecule has 0 aromatic carbocycles. The van der Waals surface area contributed by atoms with Crippen LogP contribution in [0.5, 0.6) is 0 Å². The van der Waals surface area contributed by atoms with Gasteiger partial charge in [-0.15, -0.1) is 21.5 Å². The van der Waals surface area contributed by atoms with Crippen molar-refractivity contribution in [2.75, 3.05) is 6.61 Å². The van der Waals surface area contributed by atoms with Gasteiger partial charge in [0.2, 0.25) is 11.8 Å². The summed E-state index contributed by atoms with van der Waals surface area (Å²) in [5.41, 5.74) is 6.20. The number of nitrogens with two attached hydrogens (primary N) is 1. The summed E-state index contributed by atoms with van der Waals surface area (Å²) in [4.78, 5) is 16.9. The van der Waals surface area contributed by atoms with Gasteiger partial charge in [-0.1, -0.05) is 17.8 Å². The van der Waals surface area contributed by atoms with Gasteiger partial charge in [-0.2, -0.15) is 0 Å². The van der Waals surface area contributed by atoms with Crippen LogP contribution in [0.3, 0.4) is 0 Å². The number of primary amides is 1. The van der Waals surface area contributed by atoms with E-state index in [2.05, 4.69) is 19.7 Å². The molecule has 154 valence electrons. The zero-order chi connectivity index (χ0) is 20.2. The minimum absolute atomic E-state index is 0.150. The van der Waals surface area contributed by atoms with Crippen LogP contribution in [0.25, 0.3) is 10.8 Å². The van der Waals surface area contributed by atoms with Gasteiger partial charge >= 0.3 is 0 Å². The molecule has 0 radical (unpaired) electrons. The van der Waals surface area contributed by atoms with Crippen molar-refractivity contribution in [3.05, 3.63) is 34.8 Å². The summed E-state index contributed by atoms with van der Waals surface area (Å²) >= 11 is 3.16. The summed E-state index contributed by atoms with van der Waals surface area (Å²) in [6.45, 7) is 3.40. The normalized spacial score (nSPS) is 16.5. The first-order valence-electron chi connectivity index (χ1n) is 9.55. The van der Waals surface area contributed by atoms with Crippen LogP contribution in [0.2, 0.25) is 0 Å². The first kappa shape index (κ1) is 20.1. The Morgan fingerprint density at radius 3 is 3.07 bits per heavy atom. The summed E-state index contributed by atoms with van der Waals surface area (Å²) in [6, 6.07) is 3.98. The van der Waals surface area contributed by atoms with Crippen molar-refractivity contribution < 1.29 is 13.9 Å². The molecule has 1 aliphatic rings. The number of thiophene rings is 1. The molecule has 0 saturated carbocycles. The Hall–Kier alpha value is -2.17. The molecule has 29 heavy (non-hydrogen) atoms. The average Bonchev–Trinajstić information content (AvgIpc) is 3.48. The summed E-state index contributed by atoms with van der Waals surface area (Å²) in [5.74, 6) is 2.50. The van der Waals surface area contributed by atoms with Crippen molar-refractivity contribution >= 4 is 29.0 Å². The van der Waals surface area contributed by atoms with E-state index >= 15 is 0 Å². The molecule has 0 bridgehead atoms. The van der Waals surface area contributed by atoms with E-state index in [1.165, 1.54) is 0 Å².